The average Bonchev–Trinajstić information content (AvgIpc) is 2.81. The normalized spacial score (nSPS) is 17.1. The molecular weight excluding hydrogens is 251 g/mol. The summed E-state index contributed by atoms with van der Waals surface area (Å²) in [6.45, 7) is 0. The van der Waals surface area contributed by atoms with Gasteiger partial charge in [-0.3, -0.25) is 4.79 Å². The molecule has 0 atom stereocenters. The maximum atomic E-state index is 13.8. The zero-order valence-corrected chi connectivity index (χ0v) is 10.3. The Labute approximate surface area is 109 Å². The van der Waals surface area contributed by atoms with Crippen molar-refractivity contribution in [3.05, 3.63) is 29.6 Å². The third kappa shape index (κ3) is 2.52. The van der Waals surface area contributed by atoms with E-state index in [4.69, 9.17) is 5.73 Å². The molecule has 0 heterocycles. The summed E-state index contributed by atoms with van der Waals surface area (Å²) in [6.07, 6.45) is 2.50. The molecule has 1 aliphatic carbocycles. The summed E-state index contributed by atoms with van der Waals surface area (Å²) in [5.41, 5.74) is 4.07. The first kappa shape index (κ1) is 13.3. The van der Waals surface area contributed by atoms with Crippen molar-refractivity contribution in [1.29, 1.82) is 0 Å². The molecule has 1 aromatic carbocycles. The minimum atomic E-state index is -1.12. The van der Waals surface area contributed by atoms with Crippen molar-refractivity contribution in [2.45, 2.75) is 31.2 Å². The lowest BCUT2D eigenvalue weighted by Gasteiger charge is -2.26. The summed E-state index contributed by atoms with van der Waals surface area (Å²) < 4.78 is 13.8. The quantitative estimate of drug-likeness (QED) is 0.773. The van der Waals surface area contributed by atoms with Crippen molar-refractivity contribution >= 4 is 17.6 Å². The molecule has 0 saturated heterocycles. The first-order valence-corrected chi connectivity index (χ1v) is 6.05. The molecule has 102 valence electrons. The van der Waals surface area contributed by atoms with Crippen molar-refractivity contribution in [3.63, 3.8) is 0 Å². The maximum absolute atomic E-state index is 13.8. The summed E-state index contributed by atoms with van der Waals surface area (Å²) in [7, 11) is 0. The molecular formula is C13H15FN2O3. The number of rotatable bonds is 4. The lowest BCUT2D eigenvalue weighted by Crippen LogP contribution is -2.43. The molecule has 2 rings (SSSR count). The van der Waals surface area contributed by atoms with Crippen molar-refractivity contribution in [1.82, 2.24) is 0 Å². The second-order valence-corrected chi connectivity index (χ2v) is 4.78. The van der Waals surface area contributed by atoms with Gasteiger partial charge in [0.1, 0.15) is 11.4 Å². The molecule has 0 spiro atoms. The van der Waals surface area contributed by atoms with Gasteiger partial charge in [0, 0.05) is 5.56 Å². The van der Waals surface area contributed by atoms with Crippen LogP contribution in [0, 0.1) is 5.82 Å². The second kappa shape index (κ2) is 4.87. The summed E-state index contributed by atoms with van der Waals surface area (Å²) in [4.78, 5) is 22.3. The highest BCUT2D eigenvalue weighted by molar-refractivity contribution is 5.93. The number of carbonyl (C=O) groups is 2. The standard InChI is InChI=1S/C13H15FN2O3/c14-9-7-8(11(15)17)3-4-10(9)16-13(12(18)19)5-1-2-6-13/h3-4,7,16H,1-2,5-6H2,(H2,15,17)(H,18,19). The number of aliphatic carboxylic acids is 1. The molecule has 5 nitrogen and oxygen atoms in total. The molecule has 1 aliphatic rings. The van der Waals surface area contributed by atoms with Gasteiger partial charge in [0.25, 0.3) is 0 Å². The number of nitrogens with two attached hydrogens (primary N) is 1. The molecule has 0 unspecified atom stereocenters. The number of halogens is 1. The molecule has 19 heavy (non-hydrogen) atoms. The Kier molecular flexibility index (Phi) is 3.42. The molecule has 0 bridgehead atoms. The van der Waals surface area contributed by atoms with E-state index in [1.165, 1.54) is 12.1 Å². The van der Waals surface area contributed by atoms with Crippen LogP contribution in [0.4, 0.5) is 10.1 Å². The Morgan fingerprint density at radius 3 is 2.42 bits per heavy atom. The van der Waals surface area contributed by atoms with E-state index in [0.29, 0.717) is 12.8 Å². The number of benzene rings is 1. The van der Waals surface area contributed by atoms with E-state index in [0.717, 1.165) is 18.9 Å². The van der Waals surface area contributed by atoms with Crippen LogP contribution in [0.5, 0.6) is 0 Å². The minimum absolute atomic E-state index is 0.0545. The molecule has 4 N–H and O–H groups in total. The SMILES string of the molecule is NC(=O)c1ccc(NC2(C(=O)O)CCCC2)c(F)c1. The monoisotopic (exact) mass is 266 g/mol. The fourth-order valence-electron chi connectivity index (χ4n) is 2.40. The Balaban J connectivity index is 2.28. The van der Waals surface area contributed by atoms with Crippen LogP contribution in [0.2, 0.25) is 0 Å². The third-order valence-corrected chi connectivity index (χ3v) is 3.49. The highest BCUT2D eigenvalue weighted by atomic mass is 19.1. The van der Waals surface area contributed by atoms with Gasteiger partial charge in [0.2, 0.25) is 5.91 Å². The lowest BCUT2D eigenvalue weighted by atomic mass is 9.97. The van der Waals surface area contributed by atoms with Gasteiger partial charge in [-0.1, -0.05) is 12.8 Å². The van der Waals surface area contributed by atoms with E-state index >= 15 is 0 Å². The number of primary amides is 1. The van der Waals surface area contributed by atoms with Crippen molar-refractivity contribution < 1.29 is 19.1 Å². The van der Waals surface area contributed by atoms with Gasteiger partial charge >= 0.3 is 5.97 Å². The van der Waals surface area contributed by atoms with Crippen LogP contribution in [0.3, 0.4) is 0 Å². The van der Waals surface area contributed by atoms with Crippen LogP contribution in [0.25, 0.3) is 0 Å². The van der Waals surface area contributed by atoms with Crippen molar-refractivity contribution in [3.8, 4) is 0 Å². The van der Waals surface area contributed by atoms with E-state index < -0.39 is 23.2 Å². The summed E-state index contributed by atoms with van der Waals surface area (Å²) in [5.74, 6) is -2.38. The van der Waals surface area contributed by atoms with Gasteiger partial charge in [-0.15, -0.1) is 0 Å². The van der Waals surface area contributed by atoms with Gasteiger partial charge in [0.05, 0.1) is 5.69 Å². The van der Waals surface area contributed by atoms with Crippen molar-refractivity contribution in [2.24, 2.45) is 5.73 Å². The van der Waals surface area contributed by atoms with Crippen LogP contribution < -0.4 is 11.1 Å². The second-order valence-electron chi connectivity index (χ2n) is 4.78. The van der Waals surface area contributed by atoms with E-state index in [2.05, 4.69) is 5.32 Å². The van der Waals surface area contributed by atoms with Crippen LogP contribution in [0.15, 0.2) is 18.2 Å². The number of anilines is 1. The molecule has 0 aliphatic heterocycles. The number of carboxylic acids is 1. The number of hydrogen-bond acceptors (Lipinski definition) is 3. The van der Waals surface area contributed by atoms with E-state index in [1.807, 2.05) is 0 Å². The predicted molar refractivity (Wildman–Crippen MR) is 67.4 cm³/mol. The van der Waals surface area contributed by atoms with Crippen LogP contribution in [-0.4, -0.2) is 22.5 Å². The first-order valence-electron chi connectivity index (χ1n) is 6.05. The fraction of sp³-hybridized carbons (Fsp3) is 0.385. The maximum Gasteiger partial charge on any atom is 0.329 e. The van der Waals surface area contributed by atoms with E-state index in [1.54, 1.807) is 0 Å². The zero-order chi connectivity index (χ0) is 14.0. The Bertz CT molecular complexity index is 525. The topological polar surface area (TPSA) is 92.4 Å². The number of nitrogens with one attached hydrogen (secondary N) is 1. The van der Waals surface area contributed by atoms with Gasteiger partial charge in [-0.2, -0.15) is 0 Å². The van der Waals surface area contributed by atoms with Crippen LogP contribution >= 0.6 is 0 Å². The highest BCUT2D eigenvalue weighted by Gasteiger charge is 2.41. The number of carboxylic acid groups (broad SMARTS) is 1. The molecule has 1 aromatic rings. The minimum Gasteiger partial charge on any atom is -0.480 e. The molecule has 1 saturated carbocycles. The van der Waals surface area contributed by atoms with Crippen molar-refractivity contribution in [2.75, 3.05) is 5.32 Å². The Morgan fingerprint density at radius 1 is 1.32 bits per heavy atom. The highest BCUT2D eigenvalue weighted by Crippen LogP contribution is 2.34. The summed E-state index contributed by atoms with van der Waals surface area (Å²) >= 11 is 0. The van der Waals surface area contributed by atoms with Gasteiger partial charge < -0.3 is 16.2 Å². The predicted octanol–water partition coefficient (Wildman–Crippen LogP) is 1.73. The third-order valence-electron chi connectivity index (χ3n) is 3.49. The number of hydrogen-bond donors (Lipinski definition) is 3. The summed E-state index contributed by atoms with van der Waals surface area (Å²) in [6, 6.07) is 3.73. The fourth-order valence-corrected chi connectivity index (χ4v) is 2.40. The number of carbonyl (C=O) groups excluding carboxylic acids is 1. The molecule has 1 amide bonds. The largest absolute Gasteiger partial charge is 0.480 e. The van der Waals surface area contributed by atoms with Gasteiger partial charge in [0.15, 0.2) is 0 Å². The van der Waals surface area contributed by atoms with E-state index in [9.17, 15) is 19.1 Å². The van der Waals surface area contributed by atoms with Crippen LogP contribution in [-0.2, 0) is 4.79 Å². The Morgan fingerprint density at radius 2 is 1.95 bits per heavy atom. The smallest absolute Gasteiger partial charge is 0.329 e. The Hall–Kier alpha value is -2.11. The lowest BCUT2D eigenvalue weighted by molar-refractivity contribution is -0.142. The molecule has 6 heteroatoms. The number of amides is 1. The van der Waals surface area contributed by atoms with Crippen LogP contribution in [0.1, 0.15) is 36.0 Å². The molecule has 0 radical (unpaired) electrons. The van der Waals surface area contributed by atoms with Gasteiger partial charge in [-0.25, -0.2) is 9.18 Å². The first-order chi connectivity index (χ1) is 8.94. The molecule has 1 fully saturated rings. The summed E-state index contributed by atoms with van der Waals surface area (Å²) in [5, 5.41) is 12.1. The van der Waals surface area contributed by atoms with Gasteiger partial charge in [-0.05, 0) is 31.0 Å². The molecule has 0 aromatic heterocycles. The average molecular weight is 266 g/mol. The van der Waals surface area contributed by atoms with E-state index in [-0.39, 0.29) is 11.3 Å². The zero-order valence-electron chi connectivity index (χ0n) is 10.3.